The summed E-state index contributed by atoms with van der Waals surface area (Å²) in [7, 11) is -3.13. The fourth-order valence-electron chi connectivity index (χ4n) is 0. The van der Waals surface area contributed by atoms with E-state index in [1.807, 2.05) is 0 Å². The van der Waals surface area contributed by atoms with Crippen LogP contribution in [-0.2, 0) is 30.7 Å². The van der Waals surface area contributed by atoms with Gasteiger partial charge in [0.25, 0.3) is 0 Å². The van der Waals surface area contributed by atoms with Crippen LogP contribution in [0, 0.1) is 0 Å². The molecule has 0 rings (SSSR count). The summed E-state index contributed by atoms with van der Waals surface area (Å²) < 4.78 is 8.74. The first kappa shape index (κ1) is 15.7. The van der Waals surface area contributed by atoms with Crippen molar-refractivity contribution in [2.45, 2.75) is 0 Å². The average Bonchev–Trinajstić information content (AvgIpc) is 0.811. The molecule has 6 heteroatoms. The van der Waals surface area contributed by atoms with Gasteiger partial charge in [-0.05, 0) is 0 Å². The van der Waals surface area contributed by atoms with Crippen molar-refractivity contribution in [1.29, 1.82) is 0 Å². The normalized spacial score (nSPS) is 4.00. The first-order valence-electron chi connectivity index (χ1n) is 0.651. The maximum Gasteiger partial charge on any atom is 2.00 e. The molecule has 0 aromatic rings. The van der Waals surface area contributed by atoms with Crippen LogP contribution in [0.1, 0.15) is 2.85 Å². The first-order valence-corrected chi connectivity index (χ1v) is 1.95. The Labute approximate surface area is 88.7 Å². The Hall–Kier alpha value is 1.76. The second-order valence-electron chi connectivity index (χ2n) is 0.283. The molecular formula is H4CaO3SiZr. The van der Waals surface area contributed by atoms with E-state index in [4.69, 9.17) is 14.1 Å². The number of hydrogen-bond donors (Lipinski definition) is 2. The summed E-state index contributed by atoms with van der Waals surface area (Å²) in [6.07, 6.45) is 0. The van der Waals surface area contributed by atoms with Gasteiger partial charge in [0.1, 0.15) is 0 Å². The van der Waals surface area contributed by atoms with Gasteiger partial charge >= 0.3 is 46.9 Å². The fraction of sp³-hybridized carbons (Fsp3) is 0. The Morgan fingerprint density at radius 1 is 1.50 bits per heavy atom. The molecule has 2 N–H and O–H groups in total. The molecule has 0 fully saturated rings. The van der Waals surface area contributed by atoms with Crippen LogP contribution in [0.5, 0.6) is 0 Å². The van der Waals surface area contributed by atoms with E-state index in [-0.39, 0.29) is 66.8 Å². The van der Waals surface area contributed by atoms with E-state index in [9.17, 15) is 0 Å². The predicted octanol–water partition coefficient (Wildman–Crippen LogP) is -1.77. The van der Waals surface area contributed by atoms with Gasteiger partial charge in [-0.25, -0.2) is 0 Å². The molecule has 0 aliphatic heterocycles. The van der Waals surface area contributed by atoms with E-state index in [0.29, 0.717) is 0 Å². The molecule has 0 heterocycles. The molecule has 0 aliphatic carbocycles. The third-order valence-corrected chi connectivity index (χ3v) is 0. The molecule has 0 amide bonds. The van der Waals surface area contributed by atoms with Gasteiger partial charge in [0.05, 0.1) is 0 Å². The molecular weight excluding hydrogens is 207 g/mol. The van der Waals surface area contributed by atoms with Crippen LogP contribution in [0.15, 0.2) is 0 Å². The molecule has 0 unspecified atom stereocenters. The molecule has 0 aromatic carbocycles. The fourth-order valence-corrected chi connectivity index (χ4v) is 0. The summed E-state index contributed by atoms with van der Waals surface area (Å²) in [5, 5.41) is 0. The summed E-state index contributed by atoms with van der Waals surface area (Å²) in [5.41, 5.74) is 0. The molecule has 0 saturated heterocycles. The summed E-state index contributed by atoms with van der Waals surface area (Å²) in [5.74, 6) is 0. The molecule has 6 heavy (non-hydrogen) atoms. The number of hydrogen-bond acceptors (Lipinski definition) is 1. The Kier molecular flexibility index (Phi) is 25.8. The van der Waals surface area contributed by atoms with Crippen LogP contribution in [-0.4, -0.2) is 56.5 Å². The SMILES string of the molecule is O=[Si](O)O.[Ca+2].[H-].[H-].[Zr]. The third kappa shape index (κ3) is 42.1. The van der Waals surface area contributed by atoms with Crippen LogP contribution >= 0.6 is 0 Å². The van der Waals surface area contributed by atoms with Gasteiger partial charge in [-0.1, -0.05) is 0 Å². The van der Waals surface area contributed by atoms with Crippen LogP contribution in [0.25, 0.3) is 0 Å². The van der Waals surface area contributed by atoms with E-state index < -0.39 is 9.17 Å². The Balaban J connectivity index is -0.00000000750. The monoisotopic (exact) mass is 210 g/mol. The average molecular weight is 211 g/mol. The van der Waals surface area contributed by atoms with Crippen LogP contribution in [0.4, 0.5) is 0 Å². The van der Waals surface area contributed by atoms with E-state index in [0.717, 1.165) is 0 Å². The second kappa shape index (κ2) is 9.90. The quantitative estimate of drug-likeness (QED) is 0.466. The first-order chi connectivity index (χ1) is 1.73. The van der Waals surface area contributed by atoms with Crippen molar-refractivity contribution in [3.63, 3.8) is 0 Å². The topological polar surface area (TPSA) is 57.5 Å². The molecule has 32 valence electrons. The molecule has 0 aliphatic rings. The molecule has 0 atom stereocenters. The largest absolute Gasteiger partial charge is 2.00 e. The summed E-state index contributed by atoms with van der Waals surface area (Å²) >= 11 is 0. The van der Waals surface area contributed by atoms with Crippen molar-refractivity contribution < 1.29 is 43.1 Å². The van der Waals surface area contributed by atoms with E-state index >= 15 is 0 Å². The maximum atomic E-state index is 8.74. The standard InChI is InChI=1S/Ca.H2O3Si.Zr.2H/c;1-4(2)3;;;/h;1-2H;;;/q+2;;;2*-1. The Bertz CT molecular complexity index is 40.3. The van der Waals surface area contributed by atoms with Gasteiger partial charge in [0, 0.05) is 26.2 Å². The Morgan fingerprint density at radius 3 is 1.50 bits per heavy atom. The van der Waals surface area contributed by atoms with Gasteiger partial charge in [-0.15, -0.1) is 0 Å². The minimum absolute atomic E-state index is 0. The van der Waals surface area contributed by atoms with Crippen LogP contribution in [0.3, 0.4) is 0 Å². The van der Waals surface area contributed by atoms with E-state index in [2.05, 4.69) is 0 Å². The molecule has 0 aromatic heterocycles. The molecule has 0 spiro atoms. The van der Waals surface area contributed by atoms with Crippen molar-refractivity contribution in [3.8, 4) is 0 Å². The van der Waals surface area contributed by atoms with Crippen molar-refractivity contribution in [1.82, 2.24) is 0 Å². The minimum Gasteiger partial charge on any atom is -1.00 e. The predicted molar refractivity (Wildman–Crippen MR) is 18.9 cm³/mol. The van der Waals surface area contributed by atoms with Gasteiger partial charge in [0.2, 0.25) is 0 Å². The summed E-state index contributed by atoms with van der Waals surface area (Å²) in [6, 6.07) is 0. The Morgan fingerprint density at radius 2 is 1.50 bits per heavy atom. The molecule has 0 bridgehead atoms. The smallest absolute Gasteiger partial charge is 1.00 e. The number of rotatable bonds is 0. The van der Waals surface area contributed by atoms with Crippen molar-refractivity contribution in [2.75, 3.05) is 0 Å². The zero-order valence-electron chi connectivity index (χ0n) is 5.01. The van der Waals surface area contributed by atoms with Crippen LogP contribution in [0.2, 0.25) is 0 Å². The summed E-state index contributed by atoms with van der Waals surface area (Å²) in [6.45, 7) is 0. The zero-order chi connectivity index (χ0) is 3.58. The third-order valence-electron chi connectivity index (χ3n) is 0. The van der Waals surface area contributed by atoms with Crippen molar-refractivity contribution in [3.05, 3.63) is 0 Å². The maximum absolute atomic E-state index is 8.74. The van der Waals surface area contributed by atoms with Crippen molar-refractivity contribution >= 4 is 46.9 Å². The van der Waals surface area contributed by atoms with Gasteiger partial charge in [-0.2, -0.15) is 0 Å². The van der Waals surface area contributed by atoms with Crippen molar-refractivity contribution in [2.24, 2.45) is 0 Å². The van der Waals surface area contributed by atoms with E-state index in [1.54, 1.807) is 0 Å². The van der Waals surface area contributed by atoms with Crippen LogP contribution < -0.4 is 0 Å². The zero-order valence-corrected chi connectivity index (χ0v) is 8.68. The van der Waals surface area contributed by atoms with Gasteiger partial charge in [0.15, 0.2) is 0 Å². The molecule has 0 radical (unpaired) electrons. The molecule has 0 saturated carbocycles. The van der Waals surface area contributed by atoms with E-state index in [1.165, 1.54) is 0 Å². The van der Waals surface area contributed by atoms with Gasteiger partial charge in [-0.3, -0.25) is 4.46 Å². The molecule has 3 nitrogen and oxygen atoms in total. The minimum atomic E-state index is -3.13. The second-order valence-corrected chi connectivity index (χ2v) is 0.848. The summed E-state index contributed by atoms with van der Waals surface area (Å²) in [4.78, 5) is 14.3. The van der Waals surface area contributed by atoms with Gasteiger partial charge < -0.3 is 12.4 Å².